The van der Waals surface area contributed by atoms with Crippen LogP contribution in [0.25, 0.3) is 5.69 Å². The molecule has 0 aliphatic heterocycles. The molecule has 154 valence electrons. The molecule has 0 spiro atoms. The lowest BCUT2D eigenvalue weighted by molar-refractivity contribution is -0.113. The Balaban J connectivity index is 1.69. The molecule has 0 bridgehead atoms. The first-order valence-corrected chi connectivity index (χ1v) is 10.5. The van der Waals surface area contributed by atoms with Gasteiger partial charge in [0.2, 0.25) is 5.91 Å². The largest absolute Gasteiger partial charge is 0.349 e. The molecule has 2 aromatic carbocycles. The number of aryl methyl sites for hydroxylation is 1. The van der Waals surface area contributed by atoms with Crippen LogP contribution >= 0.6 is 11.8 Å². The van der Waals surface area contributed by atoms with Crippen molar-refractivity contribution in [3.63, 3.8) is 0 Å². The molecule has 2 amide bonds. The summed E-state index contributed by atoms with van der Waals surface area (Å²) < 4.78 is 1.98. The van der Waals surface area contributed by atoms with Crippen molar-refractivity contribution in [1.82, 2.24) is 14.9 Å². The summed E-state index contributed by atoms with van der Waals surface area (Å²) in [7, 11) is 0. The van der Waals surface area contributed by atoms with Crippen LogP contribution in [0.15, 0.2) is 72.7 Å². The maximum Gasteiger partial charge on any atom is 0.253 e. The van der Waals surface area contributed by atoms with Crippen LogP contribution in [0.3, 0.4) is 0 Å². The van der Waals surface area contributed by atoms with Gasteiger partial charge in [-0.1, -0.05) is 42.1 Å². The lowest BCUT2D eigenvalue weighted by atomic mass is 10.1. The number of nitrogens with one attached hydrogen (secondary N) is 2. The minimum absolute atomic E-state index is 0.171. The van der Waals surface area contributed by atoms with Crippen LogP contribution in [0, 0.1) is 13.8 Å². The third-order valence-corrected chi connectivity index (χ3v) is 5.59. The van der Waals surface area contributed by atoms with Gasteiger partial charge >= 0.3 is 0 Å². The van der Waals surface area contributed by atoms with Crippen molar-refractivity contribution >= 4 is 29.3 Å². The fraction of sp³-hybridized carbons (Fsp3) is 0.174. The van der Waals surface area contributed by atoms with Crippen LogP contribution in [0.1, 0.15) is 21.5 Å². The second-order valence-electron chi connectivity index (χ2n) is 6.68. The Morgan fingerprint density at radius 3 is 2.77 bits per heavy atom. The first-order valence-electron chi connectivity index (χ1n) is 9.52. The van der Waals surface area contributed by atoms with Crippen LogP contribution < -0.4 is 10.6 Å². The number of nitrogens with zero attached hydrogens (tertiary/aromatic N) is 2. The molecule has 0 radical (unpaired) electrons. The average molecular weight is 421 g/mol. The molecule has 30 heavy (non-hydrogen) atoms. The molecule has 6 nitrogen and oxygen atoms in total. The van der Waals surface area contributed by atoms with E-state index >= 15 is 0 Å². The van der Waals surface area contributed by atoms with Crippen LogP contribution in [0.2, 0.25) is 0 Å². The average Bonchev–Trinajstić information content (AvgIpc) is 3.21. The molecule has 0 saturated carbocycles. The maximum absolute atomic E-state index is 12.5. The van der Waals surface area contributed by atoms with Gasteiger partial charge in [-0.3, -0.25) is 14.2 Å². The number of anilines is 1. The molecule has 0 aliphatic rings. The molecule has 2 N–H and O–H groups in total. The fourth-order valence-corrected chi connectivity index (χ4v) is 3.71. The van der Waals surface area contributed by atoms with Gasteiger partial charge < -0.3 is 10.6 Å². The van der Waals surface area contributed by atoms with Gasteiger partial charge in [0, 0.05) is 18.9 Å². The van der Waals surface area contributed by atoms with E-state index < -0.39 is 0 Å². The minimum atomic E-state index is -0.260. The third-order valence-electron chi connectivity index (χ3n) is 4.63. The van der Waals surface area contributed by atoms with E-state index in [2.05, 4.69) is 42.1 Å². The SMILES string of the molecule is C=CCNC(=O)c1ccccc1NC(=O)CSc1nccn1-c1cccc(C)c1C. The second kappa shape index (κ2) is 9.93. The van der Waals surface area contributed by atoms with Gasteiger partial charge in [-0.15, -0.1) is 6.58 Å². The first-order chi connectivity index (χ1) is 14.5. The summed E-state index contributed by atoms with van der Waals surface area (Å²) in [5.41, 5.74) is 4.29. The minimum Gasteiger partial charge on any atom is -0.349 e. The van der Waals surface area contributed by atoms with Gasteiger partial charge in [0.25, 0.3) is 5.91 Å². The summed E-state index contributed by atoms with van der Waals surface area (Å²) in [6.07, 6.45) is 5.22. The van der Waals surface area contributed by atoms with Crippen molar-refractivity contribution in [1.29, 1.82) is 0 Å². The van der Waals surface area contributed by atoms with Gasteiger partial charge in [-0.05, 0) is 43.2 Å². The summed E-state index contributed by atoms with van der Waals surface area (Å²) in [5.74, 6) is -0.298. The number of thioether (sulfide) groups is 1. The van der Waals surface area contributed by atoms with E-state index in [4.69, 9.17) is 0 Å². The van der Waals surface area contributed by atoms with Crippen molar-refractivity contribution in [2.24, 2.45) is 0 Å². The van der Waals surface area contributed by atoms with Gasteiger partial charge in [-0.25, -0.2) is 4.98 Å². The number of rotatable bonds is 8. The van der Waals surface area contributed by atoms with E-state index in [0.717, 1.165) is 10.8 Å². The lowest BCUT2D eigenvalue weighted by Crippen LogP contribution is -2.25. The predicted molar refractivity (Wildman–Crippen MR) is 121 cm³/mol. The van der Waals surface area contributed by atoms with Crippen molar-refractivity contribution in [2.45, 2.75) is 19.0 Å². The van der Waals surface area contributed by atoms with Gasteiger partial charge in [-0.2, -0.15) is 0 Å². The Hall–Kier alpha value is -3.32. The highest BCUT2D eigenvalue weighted by molar-refractivity contribution is 7.99. The second-order valence-corrected chi connectivity index (χ2v) is 7.62. The van der Waals surface area contributed by atoms with E-state index in [1.54, 1.807) is 36.5 Å². The van der Waals surface area contributed by atoms with Crippen LogP contribution in [-0.2, 0) is 4.79 Å². The number of amides is 2. The third kappa shape index (κ3) is 4.99. The molecular weight excluding hydrogens is 396 g/mol. The highest BCUT2D eigenvalue weighted by Gasteiger charge is 2.14. The van der Waals surface area contributed by atoms with Crippen molar-refractivity contribution < 1.29 is 9.59 Å². The molecule has 0 aliphatic carbocycles. The first kappa shape index (κ1) is 21.4. The van der Waals surface area contributed by atoms with Crippen LogP contribution in [0.5, 0.6) is 0 Å². The van der Waals surface area contributed by atoms with E-state index in [-0.39, 0.29) is 17.6 Å². The van der Waals surface area contributed by atoms with Crippen molar-refractivity contribution in [3.05, 3.63) is 84.2 Å². The molecule has 0 fully saturated rings. The number of hydrogen-bond donors (Lipinski definition) is 2. The molecule has 0 atom stereocenters. The summed E-state index contributed by atoms with van der Waals surface area (Å²) >= 11 is 1.34. The van der Waals surface area contributed by atoms with E-state index in [9.17, 15) is 9.59 Å². The number of hydrogen-bond acceptors (Lipinski definition) is 4. The molecule has 1 heterocycles. The molecule has 3 rings (SSSR count). The van der Waals surface area contributed by atoms with Crippen molar-refractivity contribution in [2.75, 3.05) is 17.6 Å². The highest BCUT2D eigenvalue weighted by Crippen LogP contribution is 2.24. The molecular formula is C23H24N4O2S. The smallest absolute Gasteiger partial charge is 0.253 e. The number of para-hydroxylation sites is 1. The zero-order chi connectivity index (χ0) is 21.5. The van der Waals surface area contributed by atoms with Gasteiger partial charge in [0.15, 0.2) is 5.16 Å². The number of imidazole rings is 1. The van der Waals surface area contributed by atoms with Gasteiger partial charge in [0.1, 0.15) is 0 Å². The zero-order valence-corrected chi connectivity index (χ0v) is 17.8. The Morgan fingerprint density at radius 2 is 1.97 bits per heavy atom. The van der Waals surface area contributed by atoms with E-state index in [1.807, 2.05) is 22.9 Å². The number of aromatic nitrogens is 2. The Morgan fingerprint density at radius 1 is 1.17 bits per heavy atom. The number of carbonyl (C=O) groups is 2. The number of benzene rings is 2. The molecule has 0 saturated heterocycles. The highest BCUT2D eigenvalue weighted by atomic mass is 32.2. The van der Waals surface area contributed by atoms with Crippen LogP contribution in [-0.4, -0.2) is 33.7 Å². The molecule has 3 aromatic rings. The molecule has 1 aromatic heterocycles. The fourth-order valence-electron chi connectivity index (χ4n) is 2.94. The number of carbonyl (C=O) groups excluding carboxylic acids is 2. The topological polar surface area (TPSA) is 76.0 Å². The summed E-state index contributed by atoms with van der Waals surface area (Å²) in [5, 5.41) is 6.28. The predicted octanol–water partition coefficient (Wildman–Crippen LogP) is 4.14. The molecule has 7 heteroatoms. The van der Waals surface area contributed by atoms with E-state index in [1.165, 1.54) is 22.9 Å². The van der Waals surface area contributed by atoms with Crippen LogP contribution in [0.4, 0.5) is 5.69 Å². The Bertz CT molecular complexity index is 1070. The normalized spacial score (nSPS) is 10.5. The standard InChI is InChI=1S/C23H24N4O2S/c1-4-12-24-22(29)18-9-5-6-10-19(18)26-21(28)15-30-23-25-13-14-27(23)20-11-7-8-16(2)17(20)3/h4-11,13-14H,1,12,15H2,2-3H3,(H,24,29)(H,26,28). The monoisotopic (exact) mass is 420 g/mol. The van der Waals surface area contributed by atoms with Gasteiger partial charge in [0.05, 0.1) is 22.7 Å². The zero-order valence-electron chi connectivity index (χ0n) is 17.0. The summed E-state index contributed by atoms with van der Waals surface area (Å²) in [6, 6.07) is 13.0. The lowest BCUT2D eigenvalue weighted by Gasteiger charge is -2.13. The Kier molecular flexibility index (Phi) is 7.08. The summed E-state index contributed by atoms with van der Waals surface area (Å²) in [6.45, 7) is 8.09. The Labute approximate surface area is 180 Å². The quantitative estimate of drug-likeness (QED) is 0.424. The maximum atomic E-state index is 12.5. The molecule has 0 unspecified atom stereocenters. The van der Waals surface area contributed by atoms with Crippen molar-refractivity contribution in [3.8, 4) is 5.69 Å². The summed E-state index contributed by atoms with van der Waals surface area (Å²) in [4.78, 5) is 29.2. The van der Waals surface area contributed by atoms with E-state index in [0.29, 0.717) is 17.8 Å².